The highest BCUT2D eigenvalue weighted by Gasteiger charge is 2.15. The lowest BCUT2D eigenvalue weighted by molar-refractivity contribution is 0.195. The highest BCUT2D eigenvalue weighted by molar-refractivity contribution is 6.35. The van der Waals surface area contributed by atoms with Gasteiger partial charge in [-0.15, -0.1) is 0 Å². The van der Waals surface area contributed by atoms with Crippen LogP contribution < -0.4 is 10.2 Å². The molecule has 0 aliphatic carbocycles. The van der Waals surface area contributed by atoms with Crippen molar-refractivity contribution in [3.8, 4) is 0 Å². The minimum Gasteiger partial charge on any atom is -0.378 e. The number of nitrogens with one attached hydrogen (secondary N) is 1. The Morgan fingerprint density at radius 2 is 1.61 bits per heavy atom. The van der Waals surface area contributed by atoms with Gasteiger partial charge in [0.1, 0.15) is 0 Å². The highest BCUT2D eigenvalue weighted by atomic mass is 35.5. The van der Waals surface area contributed by atoms with E-state index in [-0.39, 0.29) is 6.03 Å². The molecule has 0 saturated heterocycles. The molecule has 1 N–H and O–H groups in total. The molecule has 3 rings (SSSR count). The first-order valence-electron chi connectivity index (χ1n) is 10.2. The summed E-state index contributed by atoms with van der Waals surface area (Å²) in [7, 11) is 4.02. The summed E-state index contributed by atoms with van der Waals surface area (Å²) >= 11 is 12.3. The van der Waals surface area contributed by atoms with Crippen LogP contribution in [0.15, 0.2) is 72.8 Å². The van der Waals surface area contributed by atoms with Crippen molar-refractivity contribution in [2.24, 2.45) is 0 Å². The van der Waals surface area contributed by atoms with Crippen LogP contribution in [-0.4, -0.2) is 31.6 Å². The molecule has 0 aliphatic heterocycles. The maximum absolute atomic E-state index is 13.0. The fourth-order valence-corrected chi connectivity index (χ4v) is 3.74. The van der Waals surface area contributed by atoms with Gasteiger partial charge in [0, 0.05) is 49.5 Å². The number of anilines is 1. The lowest BCUT2D eigenvalue weighted by atomic mass is 10.1. The van der Waals surface area contributed by atoms with Gasteiger partial charge in [-0.3, -0.25) is 0 Å². The Hall–Kier alpha value is -2.69. The summed E-state index contributed by atoms with van der Waals surface area (Å²) in [6, 6.07) is 23.5. The van der Waals surface area contributed by atoms with Gasteiger partial charge in [0.15, 0.2) is 0 Å². The second-order valence-electron chi connectivity index (χ2n) is 7.61. The first-order valence-corrected chi connectivity index (χ1v) is 10.9. The predicted molar refractivity (Wildman–Crippen MR) is 130 cm³/mol. The van der Waals surface area contributed by atoms with Gasteiger partial charge in [-0.25, -0.2) is 4.79 Å². The lowest BCUT2D eigenvalue weighted by Crippen LogP contribution is -2.40. The van der Waals surface area contributed by atoms with Crippen LogP contribution in [0.2, 0.25) is 10.0 Å². The molecule has 0 aliphatic rings. The van der Waals surface area contributed by atoms with Crippen molar-refractivity contribution in [3.63, 3.8) is 0 Å². The molecule has 4 nitrogen and oxygen atoms in total. The van der Waals surface area contributed by atoms with Crippen molar-refractivity contribution in [1.82, 2.24) is 10.2 Å². The Balaban J connectivity index is 1.70. The van der Waals surface area contributed by atoms with E-state index in [9.17, 15) is 4.79 Å². The fraction of sp³-hybridized carbons (Fsp3) is 0.240. The first kappa shape index (κ1) is 23.0. The quantitative estimate of drug-likeness (QED) is 0.450. The lowest BCUT2D eigenvalue weighted by Gasteiger charge is -2.24. The van der Waals surface area contributed by atoms with Crippen molar-refractivity contribution < 1.29 is 4.79 Å². The van der Waals surface area contributed by atoms with Gasteiger partial charge in [-0.1, -0.05) is 71.7 Å². The van der Waals surface area contributed by atoms with Gasteiger partial charge in [0.25, 0.3) is 0 Å². The number of nitrogens with zero attached hydrogens (tertiary/aromatic N) is 2. The molecule has 0 spiro atoms. The van der Waals surface area contributed by atoms with Gasteiger partial charge in [0.05, 0.1) is 0 Å². The third-order valence-corrected chi connectivity index (χ3v) is 5.65. The zero-order valence-corrected chi connectivity index (χ0v) is 19.3. The first-order chi connectivity index (χ1) is 14.9. The molecule has 6 heteroatoms. The average Bonchev–Trinajstić information content (AvgIpc) is 2.77. The van der Waals surface area contributed by atoms with Gasteiger partial charge in [-0.05, 0) is 47.4 Å². The van der Waals surface area contributed by atoms with Crippen molar-refractivity contribution in [2.45, 2.75) is 19.5 Å². The zero-order valence-electron chi connectivity index (χ0n) is 17.8. The Morgan fingerprint density at radius 3 is 2.26 bits per heavy atom. The molecule has 0 fully saturated rings. The van der Waals surface area contributed by atoms with Crippen LogP contribution in [0.5, 0.6) is 0 Å². The Labute approximate surface area is 194 Å². The number of hydrogen-bond donors (Lipinski definition) is 1. The molecule has 0 aromatic heterocycles. The minimum absolute atomic E-state index is 0.106. The van der Waals surface area contributed by atoms with E-state index in [4.69, 9.17) is 23.2 Å². The van der Waals surface area contributed by atoms with Crippen LogP contribution in [-0.2, 0) is 19.5 Å². The molecule has 3 aromatic rings. The molecule has 0 saturated carbocycles. The molecule has 0 radical (unpaired) electrons. The Morgan fingerprint density at radius 1 is 0.903 bits per heavy atom. The number of halogens is 2. The number of rotatable bonds is 8. The minimum atomic E-state index is -0.106. The summed E-state index contributed by atoms with van der Waals surface area (Å²) in [5, 5.41) is 4.26. The van der Waals surface area contributed by atoms with Gasteiger partial charge >= 0.3 is 6.03 Å². The van der Waals surface area contributed by atoms with Crippen molar-refractivity contribution >= 4 is 34.9 Å². The summed E-state index contributed by atoms with van der Waals surface area (Å²) in [5.41, 5.74) is 4.22. The van der Waals surface area contributed by atoms with E-state index in [1.165, 1.54) is 0 Å². The predicted octanol–water partition coefficient (Wildman–Crippen LogP) is 6.01. The van der Waals surface area contributed by atoms with E-state index in [1.807, 2.05) is 61.5 Å². The van der Waals surface area contributed by atoms with E-state index in [2.05, 4.69) is 34.5 Å². The number of amides is 2. The Bertz CT molecular complexity index is 991. The maximum Gasteiger partial charge on any atom is 0.317 e. The average molecular weight is 456 g/mol. The highest BCUT2D eigenvalue weighted by Crippen LogP contribution is 2.22. The summed E-state index contributed by atoms with van der Waals surface area (Å²) in [4.78, 5) is 16.9. The third kappa shape index (κ3) is 6.91. The smallest absolute Gasteiger partial charge is 0.317 e. The molecule has 3 aromatic carbocycles. The third-order valence-electron chi connectivity index (χ3n) is 5.07. The number of urea groups is 1. The van der Waals surface area contributed by atoms with Crippen molar-refractivity contribution in [2.75, 3.05) is 25.5 Å². The van der Waals surface area contributed by atoms with E-state index in [1.54, 1.807) is 6.07 Å². The topological polar surface area (TPSA) is 35.6 Å². The zero-order chi connectivity index (χ0) is 22.2. The largest absolute Gasteiger partial charge is 0.378 e. The number of carbonyl (C=O) groups excluding carboxylic acids is 1. The summed E-state index contributed by atoms with van der Waals surface area (Å²) < 4.78 is 0. The molecule has 162 valence electrons. The summed E-state index contributed by atoms with van der Waals surface area (Å²) in [6.45, 7) is 1.54. The molecule has 0 atom stereocenters. The fourth-order valence-electron chi connectivity index (χ4n) is 3.24. The molecule has 31 heavy (non-hydrogen) atoms. The summed E-state index contributed by atoms with van der Waals surface area (Å²) in [6.07, 6.45) is 0.643. The molecule has 2 amide bonds. The van der Waals surface area contributed by atoms with E-state index >= 15 is 0 Å². The van der Waals surface area contributed by atoms with Crippen LogP contribution >= 0.6 is 23.2 Å². The van der Waals surface area contributed by atoms with Gasteiger partial charge in [0.2, 0.25) is 0 Å². The second kappa shape index (κ2) is 11.1. The SMILES string of the molecule is CN(C)c1ccc(CN(CCc2ccc(Cl)cc2Cl)C(=O)NCc2ccccc2)cc1. The molecule has 0 heterocycles. The maximum atomic E-state index is 13.0. The van der Waals surface area contributed by atoms with Crippen LogP contribution in [0, 0.1) is 0 Å². The van der Waals surface area contributed by atoms with E-state index in [0.717, 1.165) is 22.4 Å². The molecular formula is C25H27Cl2N3O. The van der Waals surface area contributed by atoms with Crippen LogP contribution in [0.25, 0.3) is 0 Å². The van der Waals surface area contributed by atoms with Gasteiger partial charge < -0.3 is 15.1 Å². The number of benzene rings is 3. The van der Waals surface area contributed by atoms with Crippen molar-refractivity contribution in [3.05, 3.63) is 99.5 Å². The standard InChI is InChI=1S/C25H27Cl2N3O/c1-29(2)23-12-8-20(9-13-23)18-30(15-14-21-10-11-22(26)16-24(21)27)25(31)28-17-19-6-4-3-5-7-19/h3-13,16H,14-15,17-18H2,1-2H3,(H,28,31). The number of carbonyl (C=O) groups is 1. The van der Waals surface area contributed by atoms with E-state index in [0.29, 0.717) is 36.1 Å². The van der Waals surface area contributed by atoms with Crippen LogP contribution in [0.1, 0.15) is 16.7 Å². The summed E-state index contributed by atoms with van der Waals surface area (Å²) in [5.74, 6) is 0. The molecular weight excluding hydrogens is 429 g/mol. The van der Waals surface area contributed by atoms with Crippen LogP contribution in [0.4, 0.5) is 10.5 Å². The van der Waals surface area contributed by atoms with Crippen molar-refractivity contribution in [1.29, 1.82) is 0 Å². The monoisotopic (exact) mass is 455 g/mol. The normalized spacial score (nSPS) is 10.6. The number of hydrogen-bond acceptors (Lipinski definition) is 2. The van der Waals surface area contributed by atoms with Crippen LogP contribution in [0.3, 0.4) is 0 Å². The van der Waals surface area contributed by atoms with Gasteiger partial charge in [-0.2, -0.15) is 0 Å². The second-order valence-corrected chi connectivity index (χ2v) is 8.46. The molecule has 0 bridgehead atoms. The van der Waals surface area contributed by atoms with E-state index < -0.39 is 0 Å². The Kier molecular flexibility index (Phi) is 8.21. The molecule has 0 unspecified atom stereocenters.